The van der Waals surface area contributed by atoms with Crippen LogP contribution in [-0.2, 0) is 4.79 Å². The van der Waals surface area contributed by atoms with Crippen molar-refractivity contribution in [1.82, 2.24) is 34.7 Å². The van der Waals surface area contributed by atoms with Crippen molar-refractivity contribution in [1.29, 1.82) is 5.26 Å². The van der Waals surface area contributed by atoms with Gasteiger partial charge in [-0.3, -0.25) is 14.7 Å². The molecule has 0 unspecified atom stereocenters. The zero-order valence-corrected chi connectivity index (χ0v) is 29.9. The van der Waals surface area contributed by atoms with Gasteiger partial charge in [0.25, 0.3) is 0 Å². The minimum Gasteiger partial charge on any atom is -0.461 e. The summed E-state index contributed by atoms with van der Waals surface area (Å²) < 4.78 is 38.0. The fourth-order valence-electron chi connectivity index (χ4n) is 8.12. The number of carbonyl (C=O) groups excluding carboxylic acids is 1. The van der Waals surface area contributed by atoms with E-state index in [2.05, 4.69) is 30.9 Å². The van der Waals surface area contributed by atoms with Crippen LogP contribution in [0, 0.1) is 29.9 Å². The number of piperazine rings is 1. The molecule has 270 valence electrons. The Morgan fingerprint density at radius 3 is 2.70 bits per heavy atom. The molecule has 0 spiro atoms. The number of carbonyl (C=O) groups is 1. The summed E-state index contributed by atoms with van der Waals surface area (Å²) in [5.41, 5.74) is 0.776. The molecule has 0 N–H and O–H groups in total. The van der Waals surface area contributed by atoms with E-state index in [1.807, 2.05) is 4.90 Å². The normalized spacial score (nSPS) is 18.6. The van der Waals surface area contributed by atoms with E-state index in [1.165, 1.54) is 18.3 Å². The maximum Gasteiger partial charge on any atom is 0.319 e. The fraction of sp³-hybridized carbons (Fsp3) is 0.359. The van der Waals surface area contributed by atoms with Crippen LogP contribution in [0.1, 0.15) is 43.6 Å². The second-order valence-corrected chi connectivity index (χ2v) is 14.2. The Morgan fingerprint density at radius 2 is 1.91 bits per heavy atom. The van der Waals surface area contributed by atoms with Gasteiger partial charge in [0.1, 0.15) is 35.3 Å². The van der Waals surface area contributed by atoms with Gasteiger partial charge < -0.3 is 14.5 Å². The van der Waals surface area contributed by atoms with Crippen molar-refractivity contribution in [3.63, 3.8) is 0 Å². The SMILES string of the molecule is Cc1nccc(/C=C/C(=O)N2CCN(c3nc(OCC45CCCN4CCC5)nc4c(F)c(-c5cccc6ccc(F)c(Cl)c56)ncc34)C[C@@H]2CC#N)n1. The van der Waals surface area contributed by atoms with Gasteiger partial charge in [-0.1, -0.05) is 35.9 Å². The molecule has 0 aliphatic carbocycles. The van der Waals surface area contributed by atoms with Crippen LogP contribution in [0.2, 0.25) is 5.02 Å². The number of anilines is 1. The maximum absolute atomic E-state index is 16.9. The van der Waals surface area contributed by atoms with E-state index < -0.39 is 17.7 Å². The van der Waals surface area contributed by atoms with E-state index >= 15 is 4.39 Å². The average Bonchev–Trinajstić information content (AvgIpc) is 3.75. The highest BCUT2D eigenvalue weighted by molar-refractivity contribution is 6.36. The van der Waals surface area contributed by atoms with Gasteiger partial charge >= 0.3 is 6.01 Å². The number of amides is 1. The van der Waals surface area contributed by atoms with E-state index in [1.54, 1.807) is 54.4 Å². The predicted molar refractivity (Wildman–Crippen MR) is 197 cm³/mol. The lowest BCUT2D eigenvalue weighted by atomic mass is 9.95. The highest BCUT2D eigenvalue weighted by Gasteiger charge is 2.45. The standard InChI is InChI=1S/C39H36ClF2N9O2/c1-24-44-16-12-26(46-24)8-10-31(52)51-20-19-49(22-27(51)11-15-43)37-29-21-45-35(28-6-2-5-25-7-9-30(41)33(40)32(25)28)34(42)36(29)47-38(48-37)53-23-39-13-3-17-50(39)18-4-14-39/h2,5-10,12,16,21,27H,3-4,11,13-14,17-20,22-23H2,1H3/b10-8+/t27-/m0/s1. The highest BCUT2D eigenvalue weighted by Crippen LogP contribution is 2.41. The molecule has 6 heterocycles. The number of hydrogen-bond acceptors (Lipinski definition) is 10. The Bertz CT molecular complexity index is 2310. The molecule has 3 aromatic heterocycles. The number of rotatable bonds is 8. The molecule has 3 aliphatic heterocycles. The number of hydrogen-bond donors (Lipinski definition) is 0. The summed E-state index contributed by atoms with van der Waals surface area (Å²) >= 11 is 6.44. The summed E-state index contributed by atoms with van der Waals surface area (Å²) in [6.45, 7) is 5.06. The quantitative estimate of drug-likeness (QED) is 0.163. The van der Waals surface area contributed by atoms with Crippen molar-refractivity contribution >= 4 is 51.1 Å². The van der Waals surface area contributed by atoms with Gasteiger partial charge in [-0.15, -0.1) is 0 Å². The van der Waals surface area contributed by atoms with Gasteiger partial charge in [-0.2, -0.15) is 15.2 Å². The third-order valence-corrected chi connectivity index (χ3v) is 11.1. The van der Waals surface area contributed by atoms with E-state index in [0.717, 1.165) is 38.8 Å². The summed E-state index contributed by atoms with van der Waals surface area (Å²) in [5, 5.41) is 11.0. The van der Waals surface area contributed by atoms with Gasteiger partial charge in [-0.25, -0.2) is 18.7 Å². The smallest absolute Gasteiger partial charge is 0.319 e. The van der Waals surface area contributed by atoms with Gasteiger partial charge in [0.2, 0.25) is 5.91 Å². The van der Waals surface area contributed by atoms with Crippen LogP contribution in [0.4, 0.5) is 14.6 Å². The first kappa shape index (κ1) is 34.7. The Hall–Kier alpha value is -5.32. The number of ether oxygens (including phenoxy) is 1. The third kappa shape index (κ3) is 6.51. The lowest BCUT2D eigenvalue weighted by molar-refractivity contribution is -0.128. The van der Waals surface area contributed by atoms with Crippen molar-refractivity contribution < 1.29 is 18.3 Å². The van der Waals surface area contributed by atoms with Crippen molar-refractivity contribution in [3.8, 4) is 23.3 Å². The van der Waals surface area contributed by atoms with Gasteiger partial charge in [-0.05, 0) is 69.3 Å². The molecular formula is C39H36ClF2N9O2. The van der Waals surface area contributed by atoms with Crippen molar-refractivity contribution in [3.05, 3.63) is 83.0 Å². The summed E-state index contributed by atoms with van der Waals surface area (Å²) in [5.74, 6) is -0.619. The Kier molecular flexibility index (Phi) is 9.34. The lowest BCUT2D eigenvalue weighted by Crippen LogP contribution is -2.55. The van der Waals surface area contributed by atoms with E-state index in [-0.39, 0.29) is 53.2 Å². The first-order valence-electron chi connectivity index (χ1n) is 17.8. The molecule has 2 aromatic carbocycles. The maximum atomic E-state index is 16.9. The number of benzene rings is 2. The molecule has 53 heavy (non-hydrogen) atoms. The van der Waals surface area contributed by atoms with E-state index in [0.29, 0.717) is 52.2 Å². The molecule has 14 heteroatoms. The van der Waals surface area contributed by atoms with Crippen molar-refractivity contribution in [2.45, 2.75) is 50.6 Å². The number of halogens is 3. The van der Waals surface area contributed by atoms with E-state index in [4.69, 9.17) is 21.3 Å². The molecule has 1 amide bonds. The molecule has 1 atom stereocenters. The fourth-order valence-corrected chi connectivity index (χ4v) is 8.39. The third-order valence-electron chi connectivity index (χ3n) is 10.7. The van der Waals surface area contributed by atoms with Crippen molar-refractivity contribution in [2.24, 2.45) is 0 Å². The van der Waals surface area contributed by atoms with Crippen LogP contribution in [-0.4, -0.2) is 91.5 Å². The lowest BCUT2D eigenvalue weighted by Gasteiger charge is -2.41. The highest BCUT2D eigenvalue weighted by atomic mass is 35.5. The number of aryl methyl sites for hydroxylation is 1. The monoisotopic (exact) mass is 735 g/mol. The number of pyridine rings is 1. The van der Waals surface area contributed by atoms with Crippen LogP contribution in [0.5, 0.6) is 6.01 Å². The molecule has 11 nitrogen and oxygen atoms in total. The van der Waals surface area contributed by atoms with Gasteiger partial charge in [0.05, 0.1) is 40.2 Å². The minimum absolute atomic E-state index is 0.00912. The largest absolute Gasteiger partial charge is 0.461 e. The molecule has 3 fully saturated rings. The van der Waals surface area contributed by atoms with Crippen molar-refractivity contribution in [2.75, 3.05) is 44.2 Å². The first-order chi connectivity index (χ1) is 25.7. The molecule has 8 rings (SSSR count). The minimum atomic E-state index is -0.724. The molecular weight excluding hydrogens is 700 g/mol. The number of nitriles is 1. The zero-order chi connectivity index (χ0) is 36.7. The average molecular weight is 736 g/mol. The van der Waals surface area contributed by atoms with Crippen LogP contribution in [0.25, 0.3) is 39.0 Å². The Morgan fingerprint density at radius 1 is 1.08 bits per heavy atom. The molecule has 5 aromatic rings. The van der Waals surface area contributed by atoms with Gasteiger partial charge in [0, 0.05) is 49.1 Å². The first-order valence-corrected chi connectivity index (χ1v) is 18.1. The molecule has 3 aliphatic rings. The summed E-state index contributed by atoms with van der Waals surface area (Å²) in [6.07, 6.45) is 10.5. The van der Waals surface area contributed by atoms with E-state index in [9.17, 15) is 14.4 Å². The Labute approximate surface area is 309 Å². The molecule has 0 bridgehead atoms. The molecule has 0 radical (unpaired) electrons. The second-order valence-electron chi connectivity index (χ2n) is 13.8. The molecule has 3 saturated heterocycles. The van der Waals surface area contributed by atoms with Gasteiger partial charge in [0.15, 0.2) is 5.82 Å². The predicted octanol–water partition coefficient (Wildman–Crippen LogP) is 6.53. The second kappa shape index (κ2) is 14.2. The van der Waals surface area contributed by atoms with Crippen LogP contribution in [0.15, 0.2) is 54.9 Å². The van der Waals surface area contributed by atoms with Crippen LogP contribution in [0.3, 0.4) is 0 Å². The summed E-state index contributed by atoms with van der Waals surface area (Å²) in [4.78, 5) is 41.9. The van der Waals surface area contributed by atoms with Crippen LogP contribution >= 0.6 is 11.6 Å². The number of fused-ring (bicyclic) bond motifs is 3. The van der Waals surface area contributed by atoms with Crippen LogP contribution < -0.4 is 9.64 Å². The molecule has 0 saturated carbocycles. The number of nitrogens with zero attached hydrogens (tertiary/aromatic N) is 9. The Balaban J connectivity index is 1.17. The summed E-state index contributed by atoms with van der Waals surface area (Å²) in [7, 11) is 0. The topological polar surface area (TPSA) is 124 Å². The zero-order valence-electron chi connectivity index (χ0n) is 29.1. The summed E-state index contributed by atoms with van der Waals surface area (Å²) in [6, 6.07) is 11.5. The number of aromatic nitrogens is 5.